The number of ether oxygens (including phenoxy) is 3. The number of carbonyl (C=O) groups excluding carboxylic acids is 2. The Hall–Kier alpha value is -1.34. The third-order valence-electron chi connectivity index (χ3n) is 5.15. The van der Waals surface area contributed by atoms with Gasteiger partial charge in [0, 0.05) is 44.9 Å². The molecule has 0 saturated carbocycles. The molecule has 3 heterocycles. The van der Waals surface area contributed by atoms with Crippen molar-refractivity contribution in [2.45, 2.75) is 57.8 Å². The molecule has 0 aromatic rings. The second-order valence-electron chi connectivity index (χ2n) is 8.17. The fourth-order valence-corrected chi connectivity index (χ4v) is 3.75. The van der Waals surface area contributed by atoms with Gasteiger partial charge in [0.05, 0.1) is 13.2 Å². The number of hydrogen-bond donors (Lipinski definition) is 0. The molecule has 0 N–H and O–H groups in total. The van der Waals surface area contributed by atoms with Gasteiger partial charge in [0.1, 0.15) is 5.60 Å². The van der Waals surface area contributed by atoms with Crippen molar-refractivity contribution in [2.75, 3.05) is 39.4 Å². The molecule has 3 aliphatic rings. The maximum absolute atomic E-state index is 12.8. The van der Waals surface area contributed by atoms with Crippen molar-refractivity contribution in [1.82, 2.24) is 9.80 Å². The molecule has 1 spiro atoms. The molecule has 2 amide bonds. The van der Waals surface area contributed by atoms with Crippen LogP contribution in [0.2, 0.25) is 0 Å². The first-order valence-electron chi connectivity index (χ1n) is 9.33. The lowest BCUT2D eigenvalue weighted by Gasteiger charge is -2.40. The topological polar surface area (TPSA) is 68.3 Å². The maximum Gasteiger partial charge on any atom is 0.410 e. The van der Waals surface area contributed by atoms with Crippen molar-refractivity contribution in [1.29, 1.82) is 0 Å². The summed E-state index contributed by atoms with van der Waals surface area (Å²) >= 11 is 0. The molecule has 7 heteroatoms. The summed E-state index contributed by atoms with van der Waals surface area (Å²) in [5.74, 6) is -0.244. The highest BCUT2D eigenvalue weighted by Gasteiger charge is 2.42. The normalized spacial score (nSPS) is 24.6. The lowest BCUT2D eigenvalue weighted by molar-refractivity contribution is -0.188. The zero-order chi connectivity index (χ0) is 18.1. The van der Waals surface area contributed by atoms with Crippen LogP contribution in [0.25, 0.3) is 0 Å². The molecular formula is C18H30N2O5. The smallest absolute Gasteiger partial charge is 0.410 e. The van der Waals surface area contributed by atoms with E-state index in [4.69, 9.17) is 14.2 Å². The van der Waals surface area contributed by atoms with Crippen LogP contribution in [0.15, 0.2) is 0 Å². The zero-order valence-corrected chi connectivity index (χ0v) is 15.6. The number of nitrogens with zero attached hydrogens (tertiary/aromatic N) is 2. The average molecular weight is 354 g/mol. The van der Waals surface area contributed by atoms with Gasteiger partial charge in [0.2, 0.25) is 5.91 Å². The van der Waals surface area contributed by atoms with Gasteiger partial charge in [-0.2, -0.15) is 0 Å². The van der Waals surface area contributed by atoms with Gasteiger partial charge >= 0.3 is 6.09 Å². The van der Waals surface area contributed by atoms with Crippen molar-refractivity contribution in [3.05, 3.63) is 0 Å². The number of carbonyl (C=O) groups is 2. The second kappa shape index (κ2) is 7.11. The molecule has 0 aliphatic carbocycles. The first-order valence-corrected chi connectivity index (χ1v) is 9.33. The van der Waals surface area contributed by atoms with Crippen molar-refractivity contribution >= 4 is 12.0 Å². The monoisotopic (exact) mass is 354 g/mol. The summed E-state index contributed by atoms with van der Waals surface area (Å²) in [6, 6.07) is 0. The lowest BCUT2D eigenvalue weighted by Crippen LogP contribution is -2.51. The highest BCUT2D eigenvalue weighted by atomic mass is 16.7. The predicted molar refractivity (Wildman–Crippen MR) is 91.0 cm³/mol. The van der Waals surface area contributed by atoms with E-state index in [1.54, 1.807) is 4.90 Å². The molecule has 3 aliphatic heterocycles. The van der Waals surface area contributed by atoms with E-state index in [1.807, 2.05) is 25.7 Å². The van der Waals surface area contributed by atoms with Crippen LogP contribution >= 0.6 is 0 Å². The summed E-state index contributed by atoms with van der Waals surface area (Å²) in [7, 11) is 0. The Bertz CT molecular complexity index is 492. The van der Waals surface area contributed by atoms with Gasteiger partial charge < -0.3 is 24.0 Å². The summed E-state index contributed by atoms with van der Waals surface area (Å²) in [4.78, 5) is 28.5. The van der Waals surface area contributed by atoms with Crippen LogP contribution in [0, 0.1) is 5.92 Å². The number of amides is 2. The molecule has 0 radical (unpaired) electrons. The van der Waals surface area contributed by atoms with E-state index in [0.29, 0.717) is 52.2 Å². The number of likely N-dealkylation sites (tertiary alicyclic amines) is 2. The molecule has 3 rings (SSSR count). The Kier molecular flexibility index (Phi) is 5.25. The van der Waals surface area contributed by atoms with Gasteiger partial charge in [-0.15, -0.1) is 0 Å². The first-order chi connectivity index (χ1) is 11.8. The second-order valence-corrected chi connectivity index (χ2v) is 8.17. The molecular weight excluding hydrogens is 324 g/mol. The molecule has 0 aromatic carbocycles. The third-order valence-corrected chi connectivity index (χ3v) is 5.15. The van der Waals surface area contributed by atoms with Gasteiger partial charge in [0.15, 0.2) is 5.79 Å². The van der Waals surface area contributed by atoms with Crippen LogP contribution in [0.1, 0.15) is 46.5 Å². The van der Waals surface area contributed by atoms with Crippen LogP contribution in [0.5, 0.6) is 0 Å². The van der Waals surface area contributed by atoms with E-state index in [9.17, 15) is 9.59 Å². The third kappa shape index (κ3) is 4.44. The number of rotatable bonds is 1. The molecule has 3 saturated heterocycles. The van der Waals surface area contributed by atoms with E-state index in [0.717, 1.165) is 12.8 Å². The average Bonchev–Trinajstić information content (AvgIpc) is 3.02. The summed E-state index contributed by atoms with van der Waals surface area (Å²) in [6.07, 6.45) is 2.61. The lowest BCUT2D eigenvalue weighted by atomic mass is 9.93. The zero-order valence-electron chi connectivity index (χ0n) is 15.6. The Labute approximate surface area is 149 Å². The van der Waals surface area contributed by atoms with Crippen molar-refractivity contribution in [2.24, 2.45) is 5.92 Å². The van der Waals surface area contributed by atoms with Crippen LogP contribution in [0.4, 0.5) is 4.79 Å². The Balaban J connectivity index is 1.45. The van der Waals surface area contributed by atoms with Crippen LogP contribution in [-0.4, -0.2) is 72.6 Å². The van der Waals surface area contributed by atoms with E-state index in [2.05, 4.69) is 0 Å². The minimum atomic E-state index is -0.488. The van der Waals surface area contributed by atoms with Crippen molar-refractivity contribution < 1.29 is 23.8 Å². The fourth-order valence-electron chi connectivity index (χ4n) is 3.75. The molecule has 3 fully saturated rings. The summed E-state index contributed by atoms with van der Waals surface area (Å²) < 4.78 is 16.8. The van der Waals surface area contributed by atoms with Gasteiger partial charge in [-0.3, -0.25) is 4.79 Å². The SMILES string of the molecule is CC(C)(C)OC(=O)N1CCC(C(=O)N2CCC3(CC2)OCCO3)CC1. The van der Waals surface area contributed by atoms with Crippen molar-refractivity contribution in [3.63, 3.8) is 0 Å². The summed E-state index contributed by atoms with van der Waals surface area (Å²) in [5.41, 5.74) is -0.488. The molecule has 0 bridgehead atoms. The standard InChI is InChI=1S/C18H30N2O5/c1-17(2,3)25-16(22)20-8-4-14(5-9-20)15(21)19-10-6-18(7-11-19)23-12-13-24-18/h14H,4-13H2,1-3H3. The quantitative estimate of drug-likeness (QED) is 0.720. The Morgan fingerprint density at radius 2 is 1.52 bits per heavy atom. The molecule has 142 valence electrons. The van der Waals surface area contributed by atoms with Gasteiger partial charge in [0.25, 0.3) is 0 Å². The predicted octanol–water partition coefficient (Wildman–Crippen LogP) is 2.00. The minimum Gasteiger partial charge on any atom is -0.444 e. The van der Waals surface area contributed by atoms with Crippen LogP contribution < -0.4 is 0 Å². The van der Waals surface area contributed by atoms with E-state index < -0.39 is 11.4 Å². The molecule has 0 atom stereocenters. The highest BCUT2D eigenvalue weighted by Crippen LogP contribution is 2.32. The van der Waals surface area contributed by atoms with E-state index >= 15 is 0 Å². The first kappa shape index (κ1) is 18.5. The number of hydrogen-bond acceptors (Lipinski definition) is 5. The fraction of sp³-hybridized carbons (Fsp3) is 0.889. The van der Waals surface area contributed by atoms with Gasteiger partial charge in [-0.25, -0.2) is 4.79 Å². The Morgan fingerprint density at radius 1 is 0.960 bits per heavy atom. The molecule has 0 aromatic heterocycles. The van der Waals surface area contributed by atoms with Gasteiger partial charge in [-0.05, 0) is 33.6 Å². The van der Waals surface area contributed by atoms with Crippen molar-refractivity contribution in [3.8, 4) is 0 Å². The number of piperidine rings is 2. The summed E-state index contributed by atoms with van der Waals surface area (Å²) in [6.45, 7) is 9.42. The maximum atomic E-state index is 12.8. The summed E-state index contributed by atoms with van der Waals surface area (Å²) in [5, 5.41) is 0. The van der Waals surface area contributed by atoms with E-state index in [-0.39, 0.29) is 17.9 Å². The van der Waals surface area contributed by atoms with Gasteiger partial charge in [-0.1, -0.05) is 0 Å². The largest absolute Gasteiger partial charge is 0.444 e. The molecule has 7 nitrogen and oxygen atoms in total. The van der Waals surface area contributed by atoms with E-state index in [1.165, 1.54) is 0 Å². The van der Waals surface area contributed by atoms with Crippen LogP contribution in [0.3, 0.4) is 0 Å². The van der Waals surface area contributed by atoms with Crippen LogP contribution in [-0.2, 0) is 19.0 Å². The molecule has 0 unspecified atom stereocenters. The Morgan fingerprint density at radius 3 is 2.04 bits per heavy atom. The molecule has 25 heavy (non-hydrogen) atoms. The minimum absolute atomic E-state index is 0.00171. The highest BCUT2D eigenvalue weighted by molar-refractivity contribution is 5.79.